The highest BCUT2D eigenvalue weighted by molar-refractivity contribution is 6.06. The monoisotopic (exact) mass is 446 g/mol. The van der Waals surface area contributed by atoms with Crippen molar-refractivity contribution in [3.05, 3.63) is 66.2 Å². The van der Waals surface area contributed by atoms with Gasteiger partial charge in [0.15, 0.2) is 11.5 Å². The van der Waals surface area contributed by atoms with Gasteiger partial charge >= 0.3 is 0 Å². The number of carbonyl (C=O) groups excluding carboxylic acids is 1. The van der Waals surface area contributed by atoms with E-state index in [2.05, 4.69) is 20.3 Å². The second-order valence-corrected chi connectivity index (χ2v) is 8.61. The van der Waals surface area contributed by atoms with Crippen molar-refractivity contribution in [1.82, 2.24) is 15.0 Å². The van der Waals surface area contributed by atoms with E-state index in [1.165, 1.54) is 6.20 Å². The number of benzene rings is 1. The Morgan fingerprint density at radius 1 is 1.21 bits per heavy atom. The number of amides is 1. The van der Waals surface area contributed by atoms with E-state index in [9.17, 15) is 9.90 Å². The van der Waals surface area contributed by atoms with E-state index in [1.54, 1.807) is 18.5 Å². The van der Waals surface area contributed by atoms with Crippen molar-refractivity contribution in [2.45, 2.75) is 49.5 Å². The first kappa shape index (κ1) is 21.4. The van der Waals surface area contributed by atoms with Gasteiger partial charge in [-0.1, -0.05) is 30.3 Å². The lowest BCUT2D eigenvalue weighted by molar-refractivity contribution is -0.171. The van der Waals surface area contributed by atoms with E-state index in [4.69, 9.17) is 16.2 Å². The Morgan fingerprint density at radius 3 is 2.85 bits per heavy atom. The van der Waals surface area contributed by atoms with Crippen LogP contribution >= 0.6 is 0 Å². The highest BCUT2D eigenvalue weighted by Crippen LogP contribution is 2.45. The van der Waals surface area contributed by atoms with Crippen LogP contribution in [-0.4, -0.2) is 43.7 Å². The van der Waals surface area contributed by atoms with Crippen LogP contribution in [0.2, 0.25) is 0 Å². The van der Waals surface area contributed by atoms with Gasteiger partial charge in [0.05, 0.1) is 36.0 Å². The number of nitrogens with two attached hydrogens (primary N) is 2. The SMILES string of the molecule is Nc1ncc(-c2ccccc2)nc1C(=O)Nc1cnccc1[C@H]1C[C@@H](N)[C@@]2(O)CCC[C@H]2O1. The van der Waals surface area contributed by atoms with Gasteiger partial charge in [-0.3, -0.25) is 9.78 Å². The third kappa shape index (κ3) is 3.95. The fourth-order valence-electron chi connectivity index (χ4n) is 4.77. The number of aliphatic hydroxyl groups is 1. The quantitative estimate of drug-likeness (QED) is 0.477. The first-order valence-electron chi connectivity index (χ1n) is 11.0. The Kier molecular flexibility index (Phi) is 5.53. The van der Waals surface area contributed by atoms with Crippen molar-refractivity contribution >= 4 is 17.4 Å². The number of aromatic nitrogens is 3. The Balaban J connectivity index is 1.41. The zero-order valence-electron chi connectivity index (χ0n) is 18.0. The Bertz CT molecular complexity index is 1170. The molecule has 3 aromatic rings. The molecule has 1 aliphatic heterocycles. The first-order chi connectivity index (χ1) is 16.0. The van der Waals surface area contributed by atoms with Gasteiger partial charge in [0.25, 0.3) is 5.91 Å². The van der Waals surface area contributed by atoms with Gasteiger partial charge in [-0.25, -0.2) is 9.97 Å². The number of anilines is 2. The average Bonchev–Trinajstić information content (AvgIpc) is 3.22. The summed E-state index contributed by atoms with van der Waals surface area (Å²) in [6, 6.07) is 10.8. The summed E-state index contributed by atoms with van der Waals surface area (Å²) in [6.45, 7) is 0. The van der Waals surface area contributed by atoms with Crippen LogP contribution in [0.5, 0.6) is 0 Å². The normalized spacial score (nSPS) is 26.5. The summed E-state index contributed by atoms with van der Waals surface area (Å²) in [5.41, 5.74) is 14.0. The maximum atomic E-state index is 13.1. The number of rotatable bonds is 4. The lowest BCUT2D eigenvalue weighted by Gasteiger charge is -2.43. The van der Waals surface area contributed by atoms with Crippen LogP contribution in [0.25, 0.3) is 11.3 Å². The molecule has 5 rings (SSSR count). The van der Waals surface area contributed by atoms with Gasteiger partial charge in [0, 0.05) is 23.4 Å². The number of nitrogens with one attached hydrogen (secondary N) is 1. The molecule has 0 spiro atoms. The number of carbonyl (C=O) groups is 1. The molecule has 33 heavy (non-hydrogen) atoms. The molecule has 3 heterocycles. The largest absolute Gasteiger partial charge is 0.386 e. The van der Waals surface area contributed by atoms with Crippen molar-refractivity contribution in [1.29, 1.82) is 0 Å². The van der Waals surface area contributed by atoms with E-state index >= 15 is 0 Å². The summed E-state index contributed by atoms with van der Waals surface area (Å²) in [5.74, 6) is -0.464. The molecule has 170 valence electrons. The molecular weight excluding hydrogens is 420 g/mol. The van der Waals surface area contributed by atoms with E-state index < -0.39 is 17.6 Å². The molecule has 2 fully saturated rings. The van der Waals surface area contributed by atoms with Gasteiger partial charge in [-0.15, -0.1) is 0 Å². The first-order valence-corrected chi connectivity index (χ1v) is 11.0. The molecule has 1 saturated carbocycles. The summed E-state index contributed by atoms with van der Waals surface area (Å²) in [7, 11) is 0. The molecule has 2 aromatic heterocycles. The molecule has 1 saturated heterocycles. The number of ether oxygens (including phenoxy) is 1. The van der Waals surface area contributed by atoms with Gasteiger partial charge < -0.3 is 26.6 Å². The smallest absolute Gasteiger partial charge is 0.278 e. The lowest BCUT2D eigenvalue weighted by Crippen LogP contribution is -2.58. The zero-order chi connectivity index (χ0) is 23.0. The standard InChI is InChI=1S/C24H26N6O3/c25-19-11-18(33-20-7-4-9-24(19,20)32)15-8-10-27-12-17(15)30-23(31)21-22(26)28-13-16(29-21)14-5-2-1-3-6-14/h1-3,5-6,8,10,12-13,18-20,32H,4,7,9,11,25H2,(H2,26,28)(H,30,31)/t18-,19-,20-,24+/m1/s1. The summed E-state index contributed by atoms with van der Waals surface area (Å²) in [6.07, 6.45) is 6.74. The summed E-state index contributed by atoms with van der Waals surface area (Å²) < 4.78 is 6.24. The minimum absolute atomic E-state index is 0.0255. The number of hydrogen-bond donors (Lipinski definition) is 4. The molecule has 9 nitrogen and oxygen atoms in total. The van der Waals surface area contributed by atoms with E-state index in [1.807, 2.05) is 30.3 Å². The van der Waals surface area contributed by atoms with Crippen LogP contribution in [0.4, 0.5) is 11.5 Å². The van der Waals surface area contributed by atoms with Crippen LogP contribution < -0.4 is 16.8 Å². The minimum atomic E-state index is -0.991. The maximum Gasteiger partial charge on any atom is 0.278 e. The molecule has 1 amide bonds. The van der Waals surface area contributed by atoms with Gasteiger partial charge in [-0.2, -0.15) is 0 Å². The average molecular weight is 447 g/mol. The molecule has 0 radical (unpaired) electrons. The molecule has 4 atom stereocenters. The van der Waals surface area contributed by atoms with Crippen molar-refractivity contribution in [2.24, 2.45) is 5.73 Å². The topological polar surface area (TPSA) is 149 Å². The summed E-state index contributed by atoms with van der Waals surface area (Å²) >= 11 is 0. The Labute approximate surface area is 191 Å². The third-order valence-corrected chi connectivity index (χ3v) is 6.58. The van der Waals surface area contributed by atoms with Crippen molar-refractivity contribution in [3.63, 3.8) is 0 Å². The van der Waals surface area contributed by atoms with Gasteiger partial charge in [0.2, 0.25) is 0 Å². The number of pyridine rings is 1. The number of nitrogen functional groups attached to an aromatic ring is 1. The van der Waals surface area contributed by atoms with E-state index in [0.717, 1.165) is 24.0 Å². The summed E-state index contributed by atoms with van der Waals surface area (Å²) in [5, 5.41) is 13.8. The van der Waals surface area contributed by atoms with Crippen molar-refractivity contribution in [3.8, 4) is 11.3 Å². The van der Waals surface area contributed by atoms with Gasteiger partial charge in [0.1, 0.15) is 5.60 Å². The Hall–Kier alpha value is -3.40. The van der Waals surface area contributed by atoms with E-state index in [0.29, 0.717) is 24.2 Å². The van der Waals surface area contributed by atoms with Crippen molar-refractivity contribution in [2.75, 3.05) is 11.1 Å². The fraction of sp³-hybridized carbons (Fsp3) is 0.333. The molecule has 2 aliphatic rings. The maximum absolute atomic E-state index is 13.1. The fourth-order valence-corrected chi connectivity index (χ4v) is 4.77. The molecule has 1 aliphatic carbocycles. The number of nitrogens with zero attached hydrogens (tertiary/aromatic N) is 3. The van der Waals surface area contributed by atoms with Crippen molar-refractivity contribution < 1.29 is 14.6 Å². The predicted molar refractivity (Wildman–Crippen MR) is 123 cm³/mol. The summed E-state index contributed by atoms with van der Waals surface area (Å²) in [4.78, 5) is 25.9. The molecule has 1 aromatic carbocycles. The molecule has 9 heteroatoms. The molecule has 0 bridgehead atoms. The van der Waals surface area contributed by atoms with Crippen LogP contribution in [0.15, 0.2) is 55.0 Å². The van der Waals surface area contributed by atoms with Crippen LogP contribution in [-0.2, 0) is 4.74 Å². The van der Waals surface area contributed by atoms with E-state index in [-0.39, 0.29) is 23.7 Å². The second-order valence-electron chi connectivity index (χ2n) is 8.61. The number of hydrogen-bond acceptors (Lipinski definition) is 8. The van der Waals surface area contributed by atoms with Crippen LogP contribution in [0.1, 0.15) is 47.8 Å². The predicted octanol–water partition coefficient (Wildman–Crippen LogP) is 2.45. The molecular formula is C24H26N6O3. The molecule has 0 unspecified atom stereocenters. The zero-order valence-corrected chi connectivity index (χ0v) is 18.0. The van der Waals surface area contributed by atoms with Crippen LogP contribution in [0, 0.1) is 0 Å². The third-order valence-electron chi connectivity index (χ3n) is 6.58. The highest BCUT2D eigenvalue weighted by Gasteiger charge is 2.51. The second kappa shape index (κ2) is 8.51. The van der Waals surface area contributed by atoms with Crippen LogP contribution in [0.3, 0.4) is 0 Å². The highest BCUT2D eigenvalue weighted by atomic mass is 16.5. The molecule has 6 N–H and O–H groups in total. The minimum Gasteiger partial charge on any atom is -0.386 e. The van der Waals surface area contributed by atoms with Gasteiger partial charge in [-0.05, 0) is 31.7 Å². The Morgan fingerprint density at radius 2 is 2.03 bits per heavy atom. The lowest BCUT2D eigenvalue weighted by atomic mass is 9.83. The number of fused-ring (bicyclic) bond motifs is 1.